The molecule has 5 rings (SSSR count). The van der Waals surface area contributed by atoms with E-state index in [9.17, 15) is 26.4 Å². The van der Waals surface area contributed by atoms with Gasteiger partial charge in [0.15, 0.2) is 5.82 Å². The lowest BCUT2D eigenvalue weighted by molar-refractivity contribution is -0.170. The number of anilines is 3. The number of fused-ring (bicyclic) bond motifs is 1. The van der Waals surface area contributed by atoms with Gasteiger partial charge in [-0.1, -0.05) is 25.0 Å². The molecule has 1 fully saturated rings. The van der Waals surface area contributed by atoms with Crippen LogP contribution in [0.4, 0.5) is 30.4 Å². The summed E-state index contributed by atoms with van der Waals surface area (Å²) < 4.78 is 68.0. The summed E-state index contributed by atoms with van der Waals surface area (Å²) in [6.07, 6.45) is -0.235. The first-order chi connectivity index (χ1) is 18.5. The number of benzene rings is 2. The van der Waals surface area contributed by atoms with Crippen molar-refractivity contribution in [3.8, 4) is 11.3 Å². The topological polar surface area (TPSA) is 95.5 Å². The summed E-state index contributed by atoms with van der Waals surface area (Å²) in [4.78, 5) is 14.7. The van der Waals surface area contributed by atoms with Gasteiger partial charge >= 0.3 is 12.1 Å². The van der Waals surface area contributed by atoms with Gasteiger partial charge in [0.05, 0.1) is 10.6 Å². The van der Waals surface area contributed by atoms with E-state index in [0.717, 1.165) is 31.7 Å². The zero-order valence-corrected chi connectivity index (χ0v) is 22.1. The average molecular weight is 560 g/mol. The highest BCUT2D eigenvalue weighted by Gasteiger charge is 2.47. The fourth-order valence-electron chi connectivity index (χ4n) is 5.12. The van der Waals surface area contributed by atoms with Crippen LogP contribution >= 0.6 is 0 Å². The van der Waals surface area contributed by atoms with E-state index in [4.69, 9.17) is 0 Å². The third-order valence-corrected chi connectivity index (χ3v) is 8.41. The van der Waals surface area contributed by atoms with Crippen LogP contribution in [-0.4, -0.2) is 49.8 Å². The Morgan fingerprint density at radius 2 is 1.72 bits per heavy atom. The molecule has 0 radical (unpaired) electrons. The predicted octanol–water partition coefficient (Wildman–Crippen LogP) is 5.16. The minimum atomic E-state index is -5.02. The lowest BCUT2D eigenvalue weighted by Crippen LogP contribution is -2.44. The average Bonchev–Trinajstić information content (AvgIpc) is 3.04. The Bertz CT molecular complexity index is 1470. The van der Waals surface area contributed by atoms with Crippen molar-refractivity contribution in [1.82, 2.24) is 10.2 Å². The minimum Gasteiger partial charge on any atom is -0.355 e. The number of hydrogen-bond donors (Lipinski definition) is 1. The zero-order chi connectivity index (χ0) is 27.8. The van der Waals surface area contributed by atoms with Crippen LogP contribution in [0.2, 0.25) is 0 Å². The molecule has 1 aromatic heterocycles. The van der Waals surface area contributed by atoms with E-state index in [1.165, 1.54) is 38.0 Å². The van der Waals surface area contributed by atoms with Crippen molar-refractivity contribution in [3.63, 3.8) is 0 Å². The molecule has 1 saturated heterocycles. The van der Waals surface area contributed by atoms with Crippen LogP contribution in [-0.2, 0) is 21.2 Å². The van der Waals surface area contributed by atoms with E-state index in [1.807, 2.05) is 12.1 Å². The molecule has 12 heteroatoms. The fraction of sp³-hybridized carbons (Fsp3) is 0.370. The van der Waals surface area contributed by atoms with Gasteiger partial charge in [0.1, 0.15) is 0 Å². The second-order valence-electron chi connectivity index (χ2n) is 9.88. The number of carbonyl (C=O) groups is 1. The van der Waals surface area contributed by atoms with E-state index in [1.54, 1.807) is 24.3 Å². The molecule has 3 aromatic rings. The molecule has 1 unspecified atom stereocenters. The van der Waals surface area contributed by atoms with E-state index in [2.05, 4.69) is 19.8 Å². The Kier molecular flexibility index (Phi) is 7.23. The summed E-state index contributed by atoms with van der Waals surface area (Å²) in [5, 5.41) is 8.74. The quantitative estimate of drug-likeness (QED) is 0.464. The molecule has 0 spiro atoms. The third-order valence-electron chi connectivity index (χ3n) is 7.03. The van der Waals surface area contributed by atoms with Crippen LogP contribution in [0, 0.1) is 0 Å². The van der Waals surface area contributed by atoms with Crippen molar-refractivity contribution in [3.05, 3.63) is 60.2 Å². The van der Waals surface area contributed by atoms with Crippen molar-refractivity contribution in [2.75, 3.05) is 27.6 Å². The number of rotatable bonds is 5. The molecule has 3 heterocycles. The summed E-state index contributed by atoms with van der Waals surface area (Å²) in [6, 6.07) is 13.5. The summed E-state index contributed by atoms with van der Waals surface area (Å²) in [5.74, 6) is -1.15. The maximum Gasteiger partial charge on any atom is 0.471 e. The highest BCUT2D eigenvalue weighted by atomic mass is 32.2. The number of aromatic nitrogens is 2. The van der Waals surface area contributed by atoms with Gasteiger partial charge in [0, 0.05) is 36.1 Å². The Labute approximate surface area is 224 Å². The first-order valence-corrected chi connectivity index (χ1v) is 14.3. The third kappa shape index (κ3) is 5.70. The molecule has 1 N–H and O–H groups in total. The first-order valence-electron chi connectivity index (χ1n) is 12.8. The standard InChI is InChI=1S/C27H28F3N5O3S/c1-18-15-20-17-22(9-11-24(20)35(18)26(36)27(28,29)30)39(37,38)33-21-8-6-7-19(16-21)23-10-12-25(32-31-23)34-13-4-2-3-5-14-34/h6-12,16-18,33H,2-5,13-15H2,1H3. The maximum absolute atomic E-state index is 13.1. The molecule has 1 atom stereocenters. The molecular formula is C27H28F3N5O3S. The summed E-state index contributed by atoms with van der Waals surface area (Å²) in [7, 11) is -4.06. The lowest BCUT2D eigenvalue weighted by Gasteiger charge is -2.23. The molecule has 206 valence electrons. The van der Waals surface area contributed by atoms with Gasteiger partial charge in [-0.3, -0.25) is 9.52 Å². The molecule has 39 heavy (non-hydrogen) atoms. The number of nitrogens with one attached hydrogen (secondary N) is 1. The van der Waals surface area contributed by atoms with Gasteiger partial charge in [0.2, 0.25) is 0 Å². The van der Waals surface area contributed by atoms with Crippen molar-refractivity contribution in [2.24, 2.45) is 0 Å². The first kappa shape index (κ1) is 26.9. The normalized spacial score (nSPS) is 18.0. The Hall–Kier alpha value is -3.67. The number of alkyl halides is 3. The summed E-state index contributed by atoms with van der Waals surface area (Å²) in [5.41, 5.74) is 1.99. The van der Waals surface area contributed by atoms with Gasteiger partial charge in [-0.25, -0.2) is 8.42 Å². The highest BCUT2D eigenvalue weighted by molar-refractivity contribution is 7.92. The molecule has 2 aromatic carbocycles. The second kappa shape index (κ2) is 10.5. The second-order valence-corrected chi connectivity index (χ2v) is 11.6. The monoisotopic (exact) mass is 559 g/mol. The number of amides is 1. The predicted molar refractivity (Wildman–Crippen MR) is 142 cm³/mol. The SMILES string of the molecule is CC1Cc2cc(S(=O)(=O)Nc3cccc(-c4ccc(N5CCCCCC5)nn4)c3)ccc2N1C(=O)C(F)(F)F. The van der Waals surface area contributed by atoms with Crippen LogP contribution in [0.1, 0.15) is 38.2 Å². The summed E-state index contributed by atoms with van der Waals surface area (Å²) >= 11 is 0. The molecule has 0 saturated carbocycles. The maximum atomic E-state index is 13.1. The number of sulfonamides is 1. The number of carbonyl (C=O) groups excluding carboxylic acids is 1. The highest BCUT2D eigenvalue weighted by Crippen LogP contribution is 2.37. The van der Waals surface area contributed by atoms with Crippen molar-refractivity contribution in [1.29, 1.82) is 0 Å². The van der Waals surface area contributed by atoms with Crippen LogP contribution in [0.15, 0.2) is 59.5 Å². The molecule has 0 aliphatic carbocycles. The fourth-order valence-corrected chi connectivity index (χ4v) is 6.22. The number of nitrogens with zero attached hydrogens (tertiary/aromatic N) is 4. The Morgan fingerprint density at radius 1 is 0.974 bits per heavy atom. The van der Waals surface area contributed by atoms with E-state index < -0.39 is 28.1 Å². The smallest absolute Gasteiger partial charge is 0.355 e. The van der Waals surface area contributed by atoms with Crippen LogP contribution in [0.25, 0.3) is 11.3 Å². The van der Waals surface area contributed by atoms with Crippen molar-refractivity contribution >= 4 is 33.1 Å². The van der Waals surface area contributed by atoms with E-state index in [-0.39, 0.29) is 17.0 Å². The van der Waals surface area contributed by atoms with E-state index >= 15 is 0 Å². The molecular weight excluding hydrogens is 531 g/mol. The van der Waals surface area contributed by atoms with Crippen molar-refractivity contribution in [2.45, 2.75) is 56.1 Å². The summed E-state index contributed by atoms with van der Waals surface area (Å²) in [6.45, 7) is 3.39. The Balaban J connectivity index is 1.34. The minimum absolute atomic E-state index is 0.0629. The largest absolute Gasteiger partial charge is 0.471 e. The Morgan fingerprint density at radius 3 is 2.38 bits per heavy atom. The van der Waals surface area contributed by atoms with Gasteiger partial charge in [-0.2, -0.15) is 13.2 Å². The molecule has 2 aliphatic heterocycles. The molecule has 2 aliphatic rings. The van der Waals surface area contributed by atoms with Gasteiger partial charge in [0.25, 0.3) is 10.0 Å². The lowest BCUT2D eigenvalue weighted by atomic mass is 10.1. The molecule has 8 nitrogen and oxygen atoms in total. The van der Waals surface area contributed by atoms with Gasteiger partial charge in [-0.05, 0) is 74.2 Å². The zero-order valence-electron chi connectivity index (χ0n) is 21.3. The molecule has 0 bridgehead atoms. The van der Waals surface area contributed by atoms with Crippen LogP contribution in [0.5, 0.6) is 0 Å². The number of hydrogen-bond acceptors (Lipinski definition) is 6. The van der Waals surface area contributed by atoms with Crippen LogP contribution in [0.3, 0.4) is 0 Å². The van der Waals surface area contributed by atoms with Crippen molar-refractivity contribution < 1.29 is 26.4 Å². The number of halogens is 3. The van der Waals surface area contributed by atoms with Gasteiger partial charge < -0.3 is 9.80 Å². The van der Waals surface area contributed by atoms with E-state index in [0.29, 0.717) is 27.4 Å². The van der Waals surface area contributed by atoms with Gasteiger partial charge in [-0.15, -0.1) is 10.2 Å². The van der Waals surface area contributed by atoms with Crippen LogP contribution < -0.4 is 14.5 Å². The molecule has 1 amide bonds.